The molecule has 1 heterocycles. The lowest BCUT2D eigenvalue weighted by Gasteiger charge is -2.18. The predicted octanol–water partition coefficient (Wildman–Crippen LogP) is 2.86. The van der Waals surface area contributed by atoms with Crippen LogP contribution in [0, 0.1) is 12.7 Å². The second-order valence-electron chi connectivity index (χ2n) is 4.31. The van der Waals surface area contributed by atoms with Crippen LogP contribution in [0.25, 0.3) is 0 Å². The van der Waals surface area contributed by atoms with Gasteiger partial charge in [-0.2, -0.15) is 0 Å². The molecule has 1 atom stereocenters. The topological polar surface area (TPSA) is 51.2 Å². The maximum absolute atomic E-state index is 13.7. The summed E-state index contributed by atoms with van der Waals surface area (Å²) < 4.78 is 18.4. The van der Waals surface area contributed by atoms with E-state index in [1.165, 1.54) is 13.2 Å². The normalized spacial score (nSPS) is 11.8. The maximum Gasteiger partial charge on any atom is 0.333 e. The number of pyridine rings is 1. The molecule has 0 aliphatic heterocycles. The van der Waals surface area contributed by atoms with Gasteiger partial charge in [0.25, 0.3) is 0 Å². The third-order valence-electron chi connectivity index (χ3n) is 2.88. The molecule has 5 heteroatoms. The fourth-order valence-electron chi connectivity index (χ4n) is 1.78. The van der Waals surface area contributed by atoms with E-state index < -0.39 is 17.8 Å². The van der Waals surface area contributed by atoms with E-state index in [1.54, 1.807) is 36.5 Å². The van der Waals surface area contributed by atoms with Crippen molar-refractivity contribution in [1.82, 2.24) is 4.98 Å². The van der Waals surface area contributed by atoms with Crippen LogP contribution in [0.15, 0.2) is 42.6 Å². The predicted molar refractivity (Wildman–Crippen MR) is 73.8 cm³/mol. The van der Waals surface area contributed by atoms with Crippen LogP contribution >= 0.6 is 0 Å². The number of methoxy groups -OCH3 is 1. The molecule has 4 nitrogen and oxygen atoms in total. The number of nitrogens with zero attached hydrogens (tertiary/aromatic N) is 1. The molecule has 0 saturated heterocycles. The standard InChI is InChI=1S/C15H15FN2O2/c1-10-7-8-11(9-17-10)14(15(19)20-2)18-13-6-4-3-5-12(13)16/h3-9,14,18H,1-2H3. The van der Waals surface area contributed by atoms with Crippen molar-refractivity contribution in [3.8, 4) is 0 Å². The zero-order valence-corrected chi connectivity index (χ0v) is 11.3. The van der Waals surface area contributed by atoms with Crippen molar-refractivity contribution in [1.29, 1.82) is 0 Å². The number of ether oxygens (including phenoxy) is 1. The Balaban J connectivity index is 2.31. The highest BCUT2D eigenvalue weighted by Crippen LogP contribution is 2.22. The van der Waals surface area contributed by atoms with Crippen molar-refractivity contribution in [2.45, 2.75) is 13.0 Å². The molecular weight excluding hydrogens is 259 g/mol. The molecule has 1 unspecified atom stereocenters. The smallest absolute Gasteiger partial charge is 0.333 e. The number of benzene rings is 1. The number of anilines is 1. The number of esters is 1. The van der Waals surface area contributed by atoms with Crippen LogP contribution in [0.1, 0.15) is 17.3 Å². The maximum atomic E-state index is 13.7. The molecule has 1 N–H and O–H groups in total. The quantitative estimate of drug-likeness (QED) is 0.871. The van der Waals surface area contributed by atoms with E-state index in [9.17, 15) is 9.18 Å². The number of aryl methyl sites for hydroxylation is 1. The van der Waals surface area contributed by atoms with Gasteiger partial charge in [-0.1, -0.05) is 18.2 Å². The second-order valence-corrected chi connectivity index (χ2v) is 4.31. The fourth-order valence-corrected chi connectivity index (χ4v) is 1.78. The molecule has 0 fully saturated rings. The molecular formula is C15H15FN2O2. The van der Waals surface area contributed by atoms with Crippen LogP contribution in [-0.2, 0) is 9.53 Å². The van der Waals surface area contributed by atoms with Crippen molar-refractivity contribution in [2.24, 2.45) is 0 Å². The Morgan fingerprint density at radius 1 is 1.30 bits per heavy atom. The molecule has 0 bridgehead atoms. The van der Waals surface area contributed by atoms with Gasteiger partial charge in [-0.15, -0.1) is 0 Å². The molecule has 0 spiro atoms. The first-order chi connectivity index (χ1) is 9.61. The van der Waals surface area contributed by atoms with Gasteiger partial charge in [-0.3, -0.25) is 4.98 Å². The van der Waals surface area contributed by atoms with E-state index in [0.717, 1.165) is 5.69 Å². The lowest BCUT2D eigenvalue weighted by atomic mass is 10.1. The zero-order chi connectivity index (χ0) is 14.5. The third kappa shape index (κ3) is 3.12. The summed E-state index contributed by atoms with van der Waals surface area (Å²) in [5.41, 5.74) is 1.69. The van der Waals surface area contributed by atoms with Gasteiger partial charge in [0.2, 0.25) is 0 Å². The number of hydrogen-bond acceptors (Lipinski definition) is 4. The van der Waals surface area contributed by atoms with Gasteiger partial charge in [0, 0.05) is 17.5 Å². The van der Waals surface area contributed by atoms with E-state index in [1.807, 2.05) is 6.92 Å². The summed E-state index contributed by atoms with van der Waals surface area (Å²) in [4.78, 5) is 16.0. The first-order valence-electron chi connectivity index (χ1n) is 6.13. The van der Waals surface area contributed by atoms with Crippen LogP contribution in [-0.4, -0.2) is 18.1 Å². The number of carbonyl (C=O) groups is 1. The number of rotatable bonds is 4. The summed E-state index contributed by atoms with van der Waals surface area (Å²) in [6.07, 6.45) is 1.57. The molecule has 104 valence electrons. The minimum Gasteiger partial charge on any atom is -0.467 e. The SMILES string of the molecule is COC(=O)C(Nc1ccccc1F)c1ccc(C)nc1. The van der Waals surface area contributed by atoms with Crippen molar-refractivity contribution in [2.75, 3.05) is 12.4 Å². The summed E-state index contributed by atoms with van der Waals surface area (Å²) in [7, 11) is 1.29. The van der Waals surface area contributed by atoms with Crippen LogP contribution in [0.3, 0.4) is 0 Å². The van der Waals surface area contributed by atoms with Gasteiger partial charge in [-0.25, -0.2) is 9.18 Å². The molecule has 0 aliphatic rings. The summed E-state index contributed by atoms with van der Waals surface area (Å²) in [5, 5.41) is 2.84. The number of halogens is 1. The average Bonchev–Trinajstić information content (AvgIpc) is 2.47. The second kappa shape index (κ2) is 6.14. The lowest BCUT2D eigenvalue weighted by Crippen LogP contribution is -2.23. The van der Waals surface area contributed by atoms with Crippen molar-refractivity contribution < 1.29 is 13.9 Å². The summed E-state index contributed by atoms with van der Waals surface area (Å²) in [6, 6.07) is 8.90. The van der Waals surface area contributed by atoms with Gasteiger partial charge in [-0.05, 0) is 25.1 Å². The van der Waals surface area contributed by atoms with Crippen molar-refractivity contribution >= 4 is 11.7 Å². The molecule has 0 radical (unpaired) electrons. The third-order valence-corrected chi connectivity index (χ3v) is 2.88. The van der Waals surface area contributed by atoms with Crippen LogP contribution in [0.2, 0.25) is 0 Å². The Labute approximate surface area is 116 Å². The Hall–Kier alpha value is -2.43. The highest BCUT2D eigenvalue weighted by atomic mass is 19.1. The number of carbonyl (C=O) groups excluding carboxylic acids is 1. The minimum atomic E-state index is -0.801. The van der Waals surface area contributed by atoms with Gasteiger partial charge in [0.1, 0.15) is 5.82 Å². The molecule has 20 heavy (non-hydrogen) atoms. The lowest BCUT2D eigenvalue weighted by molar-refractivity contribution is -0.141. The van der Waals surface area contributed by atoms with E-state index in [2.05, 4.69) is 10.3 Å². The van der Waals surface area contributed by atoms with Gasteiger partial charge < -0.3 is 10.1 Å². The minimum absolute atomic E-state index is 0.239. The molecule has 2 aromatic rings. The summed E-state index contributed by atoms with van der Waals surface area (Å²) in [6.45, 7) is 1.85. The molecule has 0 amide bonds. The Morgan fingerprint density at radius 3 is 2.65 bits per heavy atom. The first-order valence-corrected chi connectivity index (χ1v) is 6.13. The molecule has 2 rings (SSSR count). The van der Waals surface area contributed by atoms with Crippen molar-refractivity contribution in [3.63, 3.8) is 0 Å². The first kappa shape index (κ1) is 14.0. The highest BCUT2D eigenvalue weighted by molar-refractivity contribution is 5.80. The van der Waals surface area contributed by atoms with Gasteiger partial charge >= 0.3 is 5.97 Å². The Bertz CT molecular complexity index is 599. The summed E-state index contributed by atoms with van der Waals surface area (Å²) in [5.74, 6) is -0.930. The van der Waals surface area contributed by atoms with E-state index in [0.29, 0.717) is 5.56 Å². The van der Waals surface area contributed by atoms with Crippen LogP contribution in [0.5, 0.6) is 0 Å². The highest BCUT2D eigenvalue weighted by Gasteiger charge is 2.22. The molecule has 1 aromatic heterocycles. The zero-order valence-electron chi connectivity index (χ0n) is 11.3. The molecule has 0 aliphatic carbocycles. The summed E-state index contributed by atoms with van der Waals surface area (Å²) >= 11 is 0. The van der Waals surface area contributed by atoms with Gasteiger partial charge in [0.15, 0.2) is 6.04 Å². The Kier molecular flexibility index (Phi) is 4.30. The Morgan fingerprint density at radius 2 is 2.05 bits per heavy atom. The molecule has 1 aromatic carbocycles. The average molecular weight is 274 g/mol. The largest absolute Gasteiger partial charge is 0.467 e. The van der Waals surface area contributed by atoms with E-state index in [-0.39, 0.29) is 5.69 Å². The van der Waals surface area contributed by atoms with Crippen molar-refractivity contribution in [3.05, 3.63) is 59.7 Å². The number of aromatic nitrogens is 1. The number of hydrogen-bond donors (Lipinski definition) is 1. The van der Waals surface area contributed by atoms with Gasteiger partial charge in [0.05, 0.1) is 12.8 Å². The fraction of sp³-hybridized carbons (Fsp3) is 0.200. The number of nitrogens with one attached hydrogen (secondary N) is 1. The van der Waals surface area contributed by atoms with Crippen LogP contribution in [0.4, 0.5) is 10.1 Å². The van der Waals surface area contributed by atoms with E-state index in [4.69, 9.17) is 4.74 Å². The monoisotopic (exact) mass is 274 g/mol. The van der Waals surface area contributed by atoms with E-state index >= 15 is 0 Å². The number of para-hydroxylation sites is 1. The molecule has 0 saturated carbocycles. The van der Waals surface area contributed by atoms with Crippen LogP contribution < -0.4 is 5.32 Å².